The van der Waals surface area contributed by atoms with Crippen LogP contribution in [0.25, 0.3) is 22.3 Å². The lowest BCUT2D eigenvalue weighted by Crippen LogP contribution is -2.49. The van der Waals surface area contributed by atoms with Gasteiger partial charge in [-0.3, -0.25) is 9.69 Å². The summed E-state index contributed by atoms with van der Waals surface area (Å²) in [6.07, 6.45) is 6.28. The van der Waals surface area contributed by atoms with Crippen molar-refractivity contribution in [1.82, 2.24) is 29.5 Å². The Morgan fingerprint density at radius 2 is 1.74 bits per heavy atom. The van der Waals surface area contributed by atoms with Gasteiger partial charge in [0.05, 0.1) is 24.2 Å². The highest BCUT2D eigenvalue weighted by atomic mass is 16.5. The summed E-state index contributed by atoms with van der Waals surface area (Å²) < 4.78 is 7.79. The van der Waals surface area contributed by atoms with Crippen molar-refractivity contribution >= 4 is 28.4 Å². The van der Waals surface area contributed by atoms with Crippen molar-refractivity contribution in [2.45, 2.75) is 57.0 Å². The molecule has 2 fully saturated rings. The molecule has 2 aliphatic rings. The second-order valence-electron chi connectivity index (χ2n) is 12.0. The van der Waals surface area contributed by atoms with Crippen LogP contribution in [0.3, 0.4) is 0 Å². The van der Waals surface area contributed by atoms with Gasteiger partial charge in [0.2, 0.25) is 5.91 Å². The van der Waals surface area contributed by atoms with Crippen LogP contribution in [0, 0.1) is 0 Å². The van der Waals surface area contributed by atoms with Crippen LogP contribution < -0.4 is 15.8 Å². The van der Waals surface area contributed by atoms with E-state index in [0.717, 1.165) is 79.7 Å². The smallest absolute Gasteiger partial charge is 0.225 e. The minimum absolute atomic E-state index is 0.0676. The van der Waals surface area contributed by atoms with Gasteiger partial charge >= 0.3 is 0 Å². The first-order chi connectivity index (χ1) is 20.9. The largest absolute Gasteiger partial charge is 0.495 e. The summed E-state index contributed by atoms with van der Waals surface area (Å²) in [6.45, 7) is 6.63. The summed E-state index contributed by atoms with van der Waals surface area (Å²) in [6, 6.07) is 16.7. The molecule has 1 saturated carbocycles. The Morgan fingerprint density at radius 3 is 2.47 bits per heavy atom. The average Bonchev–Trinajstić information content (AvgIpc) is 3.43. The van der Waals surface area contributed by atoms with Gasteiger partial charge in [0.15, 0.2) is 5.65 Å². The molecule has 3 N–H and O–H groups in total. The fourth-order valence-corrected chi connectivity index (χ4v) is 6.63. The van der Waals surface area contributed by atoms with Gasteiger partial charge in [-0.2, -0.15) is 5.10 Å². The number of ether oxygens (including phenoxy) is 1. The van der Waals surface area contributed by atoms with Crippen LogP contribution in [0.15, 0.2) is 54.9 Å². The molecule has 2 aromatic carbocycles. The van der Waals surface area contributed by atoms with Gasteiger partial charge < -0.3 is 20.7 Å². The highest BCUT2D eigenvalue weighted by Gasteiger charge is 2.31. The van der Waals surface area contributed by atoms with Crippen molar-refractivity contribution in [2.24, 2.45) is 0 Å². The number of aromatic nitrogens is 4. The second-order valence-corrected chi connectivity index (χ2v) is 12.0. The van der Waals surface area contributed by atoms with E-state index in [4.69, 9.17) is 15.6 Å². The Bertz CT molecular complexity index is 1560. The molecule has 1 aliphatic heterocycles. The molecule has 2 aromatic heterocycles. The van der Waals surface area contributed by atoms with Crippen molar-refractivity contribution in [3.63, 3.8) is 0 Å². The maximum atomic E-state index is 12.9. The summed E-state index contributed by atoms with van der Waals surface area (Å²) in [5.74, 6) is 0.996. The number of amides is 1. The number of nitrogen functional groups attached to an aromatic ring is 1. The van der Waals surface area contributed by atoms with Gasteiger partial charge in [-0.05, 0) is 56.3 Å². The van der Waals surface area contributed by atoms with Crippen LogP contribution in [-0.4, -0.2) is 81.8 Å². The Kier molecular flexibility index (Phi) is 8.58. The minimum Gasteiger partial charge on any atom is -0.495 e. The molecule has 0 radical (unpaired) electrons. The Morgan fingerprint density at radius 1 is 1.02 bits per heavy atom. The van der Waals surface area contributed by atoms with E-state index in [-0.39, 0.29) is 17.9 Å². The zero-order valence-electron chi connectivity index (χ0n) is 25.4. The third kappa shape index (κ3) is 6.21. The Balaban J connectivity index is 1.21. The molecule has 226 valence electrons. The highest BCUT2D eigenvalue weighted by Crippen LogP contribution is 2.39. The van der Waals surface area contributed by atoms with E-state index in [9.17, 15) is 4.79 Å². The molecule has 43 heavy (non-hydrogen) atoms. The fraction of sp³-hybridized carbons (Fsp3) is 0.455. The molecule has 6 rings (SSSR count). The lowest BCUT2D eigenvalue weighted by Gasteiger charge is -2.41. The van der Waals surface area contributed by atoms with E-state index in [1.165, 1.54) is 6.33 Å². The van der Waals surface area contributed by atoms with E-state index in [0.29, 0.717) is 29.7 Å². The number of carbonyl (C=O) groups is 1. The van der Waals surface area contributed by atoms with E-state index >= 15 is 0 Å². The number of rotatable bonds is 8. The summed E-state index contributed by atoms with van der Waals surface area (Å²) in [7, 11) is 3.81. The van der Waals surface area contributed by atoms with Gasteiger partial charge in [-0.1, -0.05) is 43.3 Å². The molecule has 1 aliphatic carbocycles. The van der Waals surface area contributed by atoms with Crippen LogP contribution in [0.4, 0.5) is 11.5 Å². The zero-order valence-corrected chi connectivity index (χ0v) is 25.4. The van der Waals surface area contributed by atoms with Crippen LogP contribution in [0.1, 0.15) is 56.6 Å². The Hall–Kier alpha value is -4.02. The number of benzene rings is 2. The molecule has 3 heterocycles. The van der Waals surface area contributed by atoms with E-state index in [1.54, 1.807) is 7.11 Å². The van der Waals surface area contributed by atoms with Crippen molar-refractivity contribution in [3.8, 4) is 17.0 Å². The third-order valence-electron chi connectivity index (χ3n) is 9.19. The van der Waals surface area contributed by atoms with E-state index < -0.39 is 0 Å². The maximum absolute atomic E-state index is 12.9. The fourth-order valence-electron chi connectivity index (χ4n) is 6.63. The van der Waals surface area contributed by atoms with E-state index in [2.05, 4.69) is 43.7 Å². The van der Waals surface area contributed by atoms with Crippen LogP contribution in [0.2, 0.25) is 0 Å². The van der Waals surface area contributed by atoms with Gasteiger partial charge in [0.1, 0.15) is 23.6 Å². The van der Waals surface area contributed by atoms with E-state index in [1.807, 2.05) is 48.5 Å². The topological polar surface area (TPSA) is 114 Å². The molecule has 10 heteroatoms. The molecule has 1 amide bonds. The third-order valence-corrected chi connectivity index (χ3v) is 9.19. The average molecular weight is 583 g/mol. The number of piperazine rings is 1. The molecular weight excluding hydrogens is 540 g/mol. The van der Waals surface area contributed by atoms with Crippen LogP contribution in [-0.2, 0) is 4.79 Å². The van der Waals surface area contributed by atoms with Gasteiger partial charge in [-0.15, -0.1) is 0 Å². The number of carbonyl (C=O) groups excluding carboxylic acids is 1. The number of nitrogens with two attached hydrogens (primary N) is 1. The minimum atomic E-state index is -0.0676. The predicted octanol–water partition coefficient (Wildman–Crippen LogP) is 4.95. The number of hydrogen-bond acceptors (Lipinski definition) is 8. The molecule has 4 aromatic rings. The molecule has 10 nitrogen and oxygen atoms in total. The van der Waals surface area contributed by atoms with Crippen molar-refractivity contribution in [2.75, 3.05) is 51.4 Å². The summed E-state index contributed by atoms with van der Waals surface area (Å²) >= 11 is 0. The number of likely N-dealkylation sites (N-methyl/N-ethyl adjacent to an activating group) is 1. The number of hydrogen-bond donors (Lipinski definition) is 2. The standard InChI is InChI=1S/C33H42N8O2/c1-22(23-7-5-4-6-8-23)19-29(42)37-27-14-9-24(20-28(27)43-3)31-30-32(34)35-21-36-33(30)41(38-31)26-12-10-25(11-13-26)40-17-15-39(2)16-18-40/h4-9,14,20-22,25-26H,10-13,15-19H2,1-3H3,(H,37,42)(H2,34,35,36)/t22-,25?,26?/m1/s1. The molecule has 0 spiro atoms. The van der Waals surface area contributed by atoms with Crippen LogP contribution >= 0.6 is 0 Å². The number of nitrogens with one attached hydrogen (secondary N) is 1. The first-order valence-corrected chi connectivity index (χ1v) is 15.4. The van der Waals surface area contributed by atoms with Crippen molar-refractivity contribution < 1.29 is 9.53 Å². The second kappa shape index (κ2) is 12.7. The lowest BCUT2D eigenvalue weighted by atomic mass is 9.90. The van der Waals surface area contributed by atoms with Crippen LogP contribution in [0.5, 0.6) is 5.75 Å². The quantitative estimate of drug-likeness (QED) is 0.300. The van der Waals surface area contributed by atoms with Gasteiger partial charge in [0.25, 0.3) is 0 Å². The molecule has 0 bridgehead atoms. The summed E-state index contributed by atoms with van der Waals surface area (Å²) in [5.41, 5.74) is 10.5. The van der Waals surface area contributed by atoms with Crippen molar-refractivity contribution in [1.29, 1.82) is 0 Å². The first-order valence-electron chi connectivity index (χ1n) is 15.4. The summed E-state index contributed by atoms with van der Waals surface area (Å²) in [5, 5.41) is 8.89. The van der Waals surface area contributed by atoms with Crippen molar-refractivity contribution in [3.05, 3.63) is 60.4 Å². The van der Waals surface area contributed by atoms with Gasteiger partial charge in [0, 0.05) is 44.2 Å². The SMILES string of the molecule is COc1cc(-c2nn(C3CCC(N4CCN(C)CC4)CC3)c3ncnc(N)c23)ccc1NC(=O)C[C@@H](C)c1ccccc1. The number of nitrogens with zero attached hydrogens (tertiary/aromatic N) is 6. The molecule has 1 atom stereocenters. The normalized spacial score (nSPS) is 20.6. The number of anilines is 2. The zero-order chi connectivity index (χ0) is 29.9. The number of methoxy groups -OCH3 is 1. The lowest BCUT2D eigenvalue weighted by molar-refractivity contribution is -0.116. The van der Waals surface area contributed by atoms with Gasteiger partial charge in [-0.25, -0.2) is 14.6 Å². The predicted molar refractivity (Wildman–Crippen MR) is 170 cm³/mol. The number of fused-ring (bicyclic) bond motifs is 1. The highest BCUT2D eigenvalue weighted by molar-refractivity contribution is 5.99. The Labute approximate surface area is 253 Å². The molecule has 1 saturated heterocycles. The molecular formula is C33H42N8O2. The molecule has 0 unspecified atom stereocenters. The summed E-state index contributed by atoms with van der Waals surface area (Å²) in [4.78, 5) is 26.9. The monoisotopic (exact) mass is 582 g/mol. The first kappa shape index (κ1) is 29.1. The maximum Gasteiger partial charge on any atom is 0.225 e.